The lowest BCUT2D eigenvalue weighted by Crippen LogP contribution is -1.97. The molecule has 84 valence electrons. The fraction of sp³-hybridized carbons (Fsp3) is 0.308. The van der Waals surface area contributed by atoms with Crippen molar-refractivity contribution in [3.05, 3.63) is 53.1 Å². The first kappa shape index (κ1) is 10.9. The average molecular weight is 215 g/mol. The van der Waals surface area contributed by atoms with E-state index in [0.717, 1.165) is 24.4 Å². The van der Waals surface area contributed by atoms with Crippen LogP contribution in [0.4, 0.5) is 0 Å². The maximum Gasteiger partial charge on any atom is 0.106 e. The van der Waals surface area contributed by atoms with Crippen molar-refractivity contribution < 1.29 is 0 Å². The molecule has 0 aliphatic rings. The number of aromatic nitrogens is 2. The van der Waals surface area contributed by atoms with E-state index >= 15 is 0 Å². The molecule has 0 aliphatic heterocycles. The molecule has 0 amide bonds. The summed E-state index contributed by atoms with van der Waals surface area (Å²) in [5, 5.41) is 0. The van der Waals surface area contributed by atoms with Crippen molar-refractivity contribution in [1.82, 2.24) is 9.97 Å². The molecule has 1 aromatic heterocycles. The molecule has 2 rings (SSSR count). The second-order valence-corrected chi connectivity index (χ2v) is 4.04. The van der Waals surface area contributed by atoms with Gasteiger partial charge in [0.2, 0.25) is 0 Å². The Labute approximate surface area is 95.7 Å². The van der Waals surface area contributed by atoms with Crippen molar-refractivity contribution in [2.45, 2.75) is 26.3 Å². The Bertz CT molecular complexity index is 442. The van der Waals surface area contributed by atoms with E-state index in [1.54, 1.807) is 0 Å². The zero-order valence-electron chi connectivity index (χ0n) is 9.53. The van der Waals surface area contributed by atoms with E-state index in [1.807, 2.05) is 6.20 Å². The highest BCUT2D eigenvalue weighted by Gasteiger charge is 2.00. The minimum Gasteiger partial charge on any atom is -0.345 e. The maximum atomic E-state index is 5.52. The molecule has 3 heteroatoms. The van der Waals surface area contributed by atoms with Crippen LogP contribution in [-0.2, 0) is 19.4 Å². The van der Waals surface area contributed by atoms with Gasteiger partial charge in [-0.1, -0.05) is 29.8 Å². The van der Waals surface area contributed by atoms with Crippen LogP contribution in [0.2, 0.25) is 0 Å². The lowest BCUT2D eigenvalue weighted by atomic mass is 10.1. The second kappa shape index (κ2) is 4.94. The summed E-state index contributed by atoms with van der Waals surface area (Å²) < 4.78 is 0. The molecule has 0 radical (unpaired) electrons. The Morgan fingerprint density at radius 3 is 2.56 bits per heavy atom. The maximum absolute atomic E-state index is 5.52. The average Bonchev–Trinajstić information content (AvgIpc) is 2.76. The van der Waals surface area contributed by atoms with Gasteiger partial charge in [-0.3, -0.25) is 0 Å². The Morgan fingerprint density at radius 2 is 1.94 bits per heavy atom. The third-order valence-corrected chi connectivity index (χ3v) is 2.67. The van der Waals surface area contributed by atoms with Crippen LogP contribution < -0.4 is 5.73 Å². The standard InChI is InChI=1S/C13H17N3/c1-10-2-4-11(5-3-10)6-7-13-15-9-12(8-14)16-13/h2-5,9H,6-8,14H2,1H3,(H,15,16). The van der Waals surface area contributed by atoms with Gasteiger partial charge in [-0.25, -0.2) is 4.98 Å². The van der Waals surface area contributed by atoms with Gasteiger partial charge in [0, 0.05) is 24.9 Å². The quantitative estimate of drug-likeness (QED) is 0.819. The predicted molar refractivity (Wildman–Crippen MR) is 65.1 cm³/mol. The summed E-state index contributed by atoms with van der Waals surface area (Å²) in [6.07, 6.45) is 3.76. The minimum absolute atomic E-state index is 0.525. The smallest absolute Gasteiger partial charge is 0.106 e. The molecule has 0 saturated heterocycles. The van der Waals surface area contributed by atoms with Crippen LogP contribution in [0.5, 0.6) is 0 Å². The van der Waals surface area contributed by atoms with Gasteiger partial charge in [0.15, 0.2) is 0 Å². The summed E-state index contributed by atoms with van der Waals surface area (Å²) >= 11 is 0. The number of H-pyrrole nitrogens is 1. The molecule has 0 spiro atoms. The monoisotopic (exact) mass is 215 g/mol. The number of nitrogens with zero attached hydrogens (tertiary/aromatic N) is 1. The van der Waals surface area contributed by atoms with E-state index in [4.69, 9.17) is 5.73 Å². The van der Waals surface area contributed by atoms with Gasteiger partial charge in [0.1, 0.15) is 5.82 Å². The minimum atomic E-state index is 0.525. The Balaban J connectivity index is 1.94. The molecule has 16 heavy (non-hydrogen) atoms. The third-order valence-electron chi connectivity index (χ3n) is 2.67. The topological polar surface area (TPSA) is 54.7 Å². The molecule has 3 N–H and O–H groups in total. The summed E-state index contributed by atoms with van der Waals surface area (Å²) in [7, 11) is 0. The molecule has 0 fully saturated rings. The summed E-state index contributed by atoms with van der Waals surface area (Å²) in [5.41, 5.74) is 9.16. The van der Waals surface area contributed by atoms with E-state index in [2.05, 4.69) is 41.2 Å². The van der Waals surface area contributed by atoms with Crippen LogP contribution in [0, 0.1) is 6.92 Å². The van der Waals surface area contributed by atoms with Crippen molar-refractivity contribution in [1.29, 1.82) is 0 Å². The number of rotatable bonds is 4. The van der Waals surface area contributed by atoms with Gasteiger partial charge >= 0.3 is 0 Å². The number of aryl methyl sites for hydroxylation is 3. The number of nitrogens with two attached hydrogens (primary N) is 1. The molecule has 0 aliphatic carbocycles. The summed E-state index contributed by atoms with van der Waals surface area (Å²) in [6, 6.07) is 8.62. The SMILES string of the molecule is Cc1ccc(CCc2ncc(CN)[nH]2)cc1. The summed E-state index contributed by atoms with van der Waals surface area (Å²) in [4.78, 5) is 7.49. The fourth-order valence-corrected chi connectivity index (χ4v) is 1.65. The zero-order valence-corrected chi connectivity index (χ0v) is 9.53. The van der Waals surface area contributed by atoms with Gasteiger partial charge in [0.25, 0.3) is 0 Å². The van der Waals surface area contributed by atoms with E-state index in [9.17, 15) is 0 Å². The van der Waals surface area contributed by atoms with Crippen LogP contribution in [-0.4, -0.2) is 9.97 Å². The molecule has 3 nitrogen and oxygen atoms in total. The normalized spacial score (nSPS) is 10.6. The number of imidazole rings is 1. The lowest BCUT2D eigenvalue weighted by Gasteiger charge is -2.00. The van der Waals surface area contributed by atoms with E-state index < -0.39 is 0 Å². The lowest BCUT2D eigenvalue weighted by molar-refractivity contribution is 0.872. The molecule has 0 unspecified atom stereocenters. The Kier molecular flexibility index (Phi) is 3.37. The van der Waals surface area contributed by atoms with E-state index in [1.165, 1.54) is 11.1 Å². The van der Waals surface area contributed by atoms with Crippen molar-refractivity contribution in [2.75, 3.05) is 0 Å². The number of benzene rings is 1. The second-order valence-electron chi connectivity index (χ2n) is 4.04. The van der Waals surface area contributed by atoms with Crippen LogP contribution in [0.15, 0.2) is 30.5 Å². The molecule has 2 aromatic rings. The highest BCUT2D eigenvalue weighted by molar-refractivity contribution is 5.21. The number of aromatic amines is 1. The zero-order chi connectivity index (χ0) is 11.4. The first-order chi connectivity index (χ1) is 7.78. The first-order valence-corrected chi connectivity index (χ1v) is 5.56. The van der Waals surface area contributed by atoms with Crippen molar-refractivity contribution in [2.24, 2.45) is 5.73 Å². The molecule has 0 saturated carbocycles. The van der Waals surface area contributed by atoms with Crippen LogP contribution in [0.25, 0.3) is 0 Å². The van der Waals surface area contributed by atoms with Crippen LogP contribution in [0.3, 0.4) is 0 Å². The summed E-state index contributed by atoms with van der Waals surface area (Å²) in [5.74, 6) is 1.01. The molecular formula is C13H17N3. The number of nitrogens with one attached hydrogen (secondary N) is 1. The number of hydrogen-bond donors (Lipinski definition) is 2. The van der Waals surface area contributed by atoms with Crippen LogP contribution in [0.1, 0.15) is 22.6 Å². The first-order valence-electron chi connectivity index (χ1n) is 5.56. The summed E-state index contributed by atoms with van der Waals surface area (Å²) in [6.45, 7) is 2.63. The van der Waals surface area contributed by atoms with Gasteiger partial charge < -0.3 is 10.7 Å². The van der Waals surface area contributed by atoms with E-state index in [-0.39, 0.29) is 0 Å². The van der Waals surface area contributed by atoms with Gasteiger partial charge in [-0.15, -0.1) is 0 Å². The Morgan fingerprint density at radius 1 is 1.19 bits per heavy atom. The van der Waals surface area contributed by atoms with E-state index in [0.29, 0.717) is 6.54 Å². The van der Waals surface area contributed by atoms with Crippen molar-refractivity contribution >= 4 is 0 Å². The van der Waals surface area contributed by atoms with Gasteiger partial charge in [-0.05, 0) is 18.9 Å². The fourth-order valence-electron chi connectivity index (χ4n) is 1.65. The molecule has 0 atom stereocenters. The molecule has 1 aromatic carbocycles. The molecule has 0 bridgehead atoms. The van der Waals surface area contributed by atoms with Crippen molar-refractivity contribution in [3.63, 3.8) is 0 Å². The highest BCUT2D eigenvalue weighted by atomic mass is 14.9. The highest BCUT2D eigenvalue weighted by Crippen LogP contribution is 2.07. The van der Waals surface area contributed by atoms with Crippen molar-refractivity contribution in [3.8, 4) is 0 Å². The van der Waals surface area contributed by atoms with Gasteiger partial charge in [-0.2, -0.15) is 0 Å². The molecular weight excluding hydrogens is 198 g/mol. The van der Waals surface area contributed by atoms with Crippen LogP contribution >= 0.6 is 0 Å². The Hall–Kier alpha value is -1.61. The van der Waals surface area contributed by atoms with Gasteiger partial charge in [0.05, 0.1) is 0 Å². The molecule has 1 heterocycles. The predicted octanol–water partition coefficient (Wildman–Crippen LogP) is 1.96. The largest absolute Gasteiger partial charge is 0.345 e. The number of hydrogen-bond acceptors (Lipinski definition) is 2. The third kappa shape index (κ3) is 2.70.